The van der Waals surface area contributed by atoms with Crippen LogP contribution in [0.3, 0.4) is 0 Å². The number of carbonyl (C=O) groups excluding carboxylic acids is 11. The number of hydrogen-bond donors (Lipinski definition) is 15. The molecule has 30 heteroatoms. The lowest BCUT2D eigenvalue weighted by atomic mass is 10.00. The van der Waals surface area contributed by atoms with Crippen LogP contribution in [-0.4, -0.2) is 190 Å². The first-order valence-corrected chi connectivity index (χ1v) is 36.5. The molecule has 0 aliphatic heterocycles. The minimum absolute atomic E-state index is 0.0161. The van der Waals surface area contributed by atoms with E-state index in [4.69, 9.17) is 11.5 Å². The molecule has 10 atom stereocenters. The fraction of sp³-hybridized carbons (Fsp3) is 0.522. The van der Waals surface area contributed by atoms with Crippen LogP contribution in [0.4, 0.5) is 0 Å². The number of unbranched alkanes of at least 4 members (excludes halogenated alkanes) is 1. The topological polar surface area (TPSA) is 433 Å². The normalized spacial score (nSPS) is 14.3. The van der Waals surface area contributed by atoms with E-state index in [0.29, 0.717) is 64.1 Å². The van der Waals surface area contributed by atoms with Crippen LogP contribution in [0.15, 0.2) is 85.1 Å². The number of nitrogens with two attached hydrogens (primary N) is 2. The third-order valence-electron chi connectivity index (χ3n) is 15.8. The Kier molecular flexibility index (Phi) is 36.0. The quantitative estimate of drug-likeness (QED) is 0.0222. The van der Waals surface area contributed by atoms with Crippen molar-refractivity contribution in [3.05, 3.63) is 102 Å². The summed E-state index contributed by atoms with van der Waals surface area (Å²) in [6.45, 7) is 7.26. The van der Waals surface area contributed by atoms with Gasteiger partial charge in [0.05, 0.1) is 0 Å². The van der Waals surface area contributed by atoms with E-state index in [0.717, 1.165) is 0 Å². The van der Waals surface area contributed by atoms with Gasteiger partial charge in [-0.05, 0) is 141 Å². The van der Waals surface area contributed by atoms with E-state index in [1.807, 2.05) is 32.4 Å². The molecule has 0 spiro atoms. The van der Waals surface area contributed by atoms with Crippen LogP contribution >= 0.6 is 35.3 Å². The molecule has 0 aliphatic rings. The molecule has 17 N–H and O–H groups in total. The Bertz CT molecular complexity index is 3230. The van der Waals surface area contributed by atoms with E-state index in [9.17, 15) is 67.7 Å². The van der Waals surface area contributed by atoms with Crippen LogP contribution in [0.25, 0.3) is 10.9 Å². The van der Waals surface area contributed by atoms with E-state index in [1.54, 1.807) is 74.8 Å². The van der Waals surface area contributed by atoms with E-state index in [-0.39, 0.29) is 69.6 Å². The predicted molar refractivity (Wildman–Crippen MR) is 377 cm³/mol. The number of thioether (sulfide) groups is 3. The first-order valence-electron chi connectivity index (χ1n) is 32.3. The van der Waals surface area contributed by atoms with Crippen LogP contribution in [0.2, 0.25) is 0 Å². The molecule has 0 saturated heterocycles. The van der Waals surface area contributed by atoms with Gasteiger partial charge in [0.25, 0.3) is 0 Å². The fourth-order valence-corrected chi connectivity index (χ4v) is 11.9. The Balaban J connectivity index is 1.63. The van der Waals surface area contributed by atoms with Crippen LogP contribution in [0.5, 0.6) is 5.75 Å². The molecule has 3 aromatic carbocycles. The van der Waals surface area contributed by atoms with E-state index < -0.39 is 144 Å². The molecule has 0 fully saturated rings. The average molecular weight is 1400 g/mol. The van der Waals surface area contributed by atoms with Gasteiger partial charge >= 0.3 is 5.97 Å². The fourth-order valence-electron chi connectivity index (χ4n) is 10.4. The van der Waals surface area contributed by atoms with Gasteiger partial charge in [0.15, 0.2) is 0 Å². The molecule has 0 aliphatic carbocycles. The van der Waals surface area contributed by atoms with Gasteiger partial charge in [-0.2, -0.15) is 35.3 Å². The Hall–Kier alpha value is -8.35. The highest BCUT2D eigenvalue weighted by atomic mass is 32.2. The molecule has 532 valence electrons. The van der Waals surface area contributed by atoms with E-state index in [1.165, 1.54) is 59.6 Å². The Morgan fingerprint density at radius 1 is 0.505 bits per heavy atom. The van der Waals surface area contributed by atoms with Crippen LogP contribution in [-0.2, 0) is 76.8 Å². The third-order valence-corrected chi connectivity index (χ3v) is 17.8. The van der Waals surface area contributed by atoms with Gasteiger partial charge in [-0.1, -0.05) is 88.4 Å². The molecule has 0 radical (unpaired) electrons. The van der Waals surface area contributed by atoms with Crippen molar-refractivity contribution in [3.63, 3.8) is 0 Å². The first-order chi connectivity index (χ1) is 46.3. The smallest absolute Gasteiger partial charge is 0.326 e. The van der Waals surface area contributed by atoms with Crippen molar-refractivity contribution in [1.29, 1.82) is 0 Å². The summed E-state index contributed by atoms with van der Waals surface area (Å²) in [5, 5.41) is 48.2. The first kappa shape index (κ1) is 81.1. The van der Waals surface area contributed by atoms with Crippen molar-refractivity contribution in [2.75, 3.05) is 42.6 Å². The monoisotopic (exact) mass is 1400 g/mol. The third kappa shape index (κ3) is 28.3. The van der Waals surface area contributed by atoms with Crippen LogP contribution in [0.1, 0.15) is 102 Å². The van der Waals surface area contributed by atoms with Gasteiger partial charge in [0, 0.05) is 42.8 Å². The molecule has 4 aromatic rings. The molecule has 0 bridgehead atoms. The number of aliphatic carboxylic acids is 1. The molecular weight excluding hydrogens is 1310 g/mol. The van der Waals surface area contributed by atoms with E-state index >= 15 is 0 Å². The number of benzene rings is 3. The second-order valence-corrected chi connectivity index (χ2v) is 27.2. The number of aromatic hydroxyl groups is 1. The second-order valence-electron chi connectivity index (χ2n) is 24.3. The lowest BCUT2D eigenvalue weighted by Crippen LogP contribution is -2.60. The second kappa shape index (κ2) is 43.0. The SMILES string of the molecule is CSCC[C@H](NC(=O)[C@@H](NC(=O)[C@H](CCSC)NC(=O)[C@H](Cc1ccc(O)cc1)NC(=O)[C@H](CCCCN)NC(=O)[C@H](Cc1c[nH]c2ccccc12)NC(=O)CC[C@H](NC(=O)[C@H](Cc1ccccc1)NC(=O)[C@H](CC(C)C)NC(=O)[C@H](CCSC)NC=O)C(=O)O)C(C)C)C(N)=O. The van der Waals surface area contributed by atoms with Gasteiger partial charge in [-0.15, -0.1) is 0 Å². The number of carbonyl (C=O) groups is 12. The number of phenolic OH excluding ortho intramolecular Hbond substituents is 1. The molecule has 27 nitrogen and oxygen atoms in total. The number of aromatic amines is 1. The molecule has 0 unspecified atom stereocenters. The minimum Gasteiger partial charge on any atom is -0.508 e. The summed E-state index contributed by atoms with van der Waals surface area (Å²) in [5.41, 5.74) is 13.9. The summed E-state index contributed by atoms with van der Waals surface area (Å²) in [6.07, 6.45) is 7.44. The van der Waals surface area contributed by atoms with Gasteiger partial charge < -0.3 is 79.8 Å². The summed E-state index contributed by atoms with van der Waals surface area (Å²) < 4.78 is 0. The lowest BCUT2D eigenvalue weighted by molar-refractivity contribution is -0.143. The largest absolute Gasteiger partial charge is 0.508 e. The number of phenols is 1. The summed E-state index contributed by atoms with van der Waals surface area (Å²) in [4.78, 5) is 168. The van der Waals surface area contributed by atoms with Gasteiger partial charge in [-0.25, -0.2) is 4.79 Å². The maximum absolute atomic E-state index is 14.9. The number of primary amides is 1. The zero-order valence-electron chi connectivity index (χ0n) is 56.1. The maximum Gasteiger partial charge on any atom is 0.326 e. The average Bonchev–Trinajstić information content (AvgIpc) is 1.75. The van der Waals surface area contributed by atoms with Crippen LogP contribution in [0, 0.1) is 11.8 Å². The molecule has 1 heterocycles. The summed E-state index contributed by atoms with van der Waals surface area (Å²) in [7, 11) is 0. The minimum atomic E-state index is -1.72. The number of hydrogen-bond acceptors (Lipinski definition) is 17. The van der Waals surface area contributed by atoms with Gasteiger partial charge in [-0.3, -0.25) is 52.7 Å². The Labute approximate surface area is 579 Å². The number of para-hydroxylation sites is 1. The number of amides is 11. The summed E-state index contributed by atoms with van der Waals surface area (Å²) >= 11 is 4.30. The zero-order valence-corrected chi connectivity index (χ0v) is 58.5. The molecule has 1 aromatic heterocycles. The van der Waals surface area contributed by atoms with Crippen molar-refractivity contribution >= 4 is 118 Å². The van der Waals surface area contributed by atoms with Crippen LogP contribution < -0.4 is 64.6 Å². The van der Waals surface area contributed by atoms with Crippen molar-refractivity contribution in [3.8, 4) is 5.75 Å². The predicted octanol–water partition coefficient (Wildman–Crippen LogP) is 1.82. The van der Waals surface area contributed by atoms with Crippen molar-refractivity contribution in [1.82, 2.24) is 58.2 Å². The number of H-pyrrole nitrogens is 1. The molecule has 97 heavy (non-hydrogen) atoms. The number of nitrogens with one attached hydrogen (secondary N) is 11. The summed E-state index contributed by atoms with van der Waals surface area (Å²) in [5.74, 6) is -8.54. The Morgan fingerprint density at radius 3 is 1.52 bits per heavy atom. The van der Waals surface area contributed by atoms with Crippen molar-refractivity contribution in [2.24, 2.45) is 23.3 Å². The highest BCUT2D eigenvalue weighted by Crippen LogP contribution is 2.21. The van der Waals surface area contributed by atoms with Crippen molar-refractivity contribution in [2.45, 2.75) is 165 Å². The molecular formula is C67H97N13O14S3. The van der Waals surface area contributed by atoms with Gasteiger partial charge in [0.2, 0.25) is 65.5 Å². The van der Waals surface area contributed by atoms with E-state index in [2.05, 4.69) is 58.2 Å². The Morgan fingerprint density at radius 2 is 0.969 bits per heavy atom. The highest BCUT2D eigenvalue weighted by Gasteiger charge is 2.36. The number of aromatic nitrogens is 1. The lowest BCUT2D eigenvalue weighted by Gasteiger charge is -2.28. The number of rotatable bonds is 46. The number of carboxylic acids is 1. The zero-order chi connectivity index (χ0) is 71.6. The highest BCUT2D eigenvalue weighted by molar-refractivity contribution is 7.99. The standard InChI is InChI=1S/C67H97N13O14S3/c1-39(2)33-52(77-59(85)48(71-38-81)27-31-96-6)62(88)79-53(34-41-15-9-8-10-16-41)64(90)76-51(67(93)94)24-25-56(83)72-55(36-43-37-70-46-18-12-11-17-45(43)46)65(91)74-49(19-13-14-29-68)60(86)78-54(35-42-20-22-44(82)23-21-42)63(89)75-50(28-32-97-7)61(87)80-57(40(3)4)66(92)73-47(58(69)84)26-30-95-5/h8-12,15-18,20-23,37-40,47-55,57,70,82H,13-14,19,24-36,68H2,1-7H3,(H2,69,84)(H,71,81)(H,72,83)(H,73,92)(H,74,91)(H,75,89)(H,76,90)(H,77,85)(H,78,86)(H,79,88)(H,80,87)(H,93,94)/t47-,48-,49-,50-,51-,52-,53-,54-,55-,57-/m0/s1. The maximum atomic E-state index is 14.9. The number of fused-ring (bicyclic) bond motifs is 1. The van der Waals surface area contributed by atoms with Gasteiger partial charge in [0.1, 0.15) is 66.2 Å². The number of carboxylic acid groups (broad SMARTS) is 1. The molecule has 0 saturated carbocycles. The molecule has 4 rings (SSSR count). The summed E-state index contributed by atoms with van der Waals surface area (Å²) in [6, 6.07) is 8.72. The molecule has 11 amide bonds. The van der Waals surface area contributed by atoms with Crippen molar-refractivity contribution < 1.29 is 67.7 Å².